The zero-order valence-electron chi connectivity index (χ0n) is 18.1. The van der Waals surface area contributed by atoms with Crippen LogP contribution in [0.3, 0.4) is 0 Å². The Hall–Kier alpha value is -0.0800. The molecule has 0 aliphatic rings. The number of hydrogen-bond donors (Lipinski definition) is 1. The Morgan fingerprint density at radius 2 is 0.920 bits per heavy atom. The van der Waals surface area contributed by atoms with E-state index in [-0.39, 0.29) is 0 Å². The molecule has 0 spiro atoms. The zero-order chi connectivity index (χ0) is 18.4. The van der Waals surface area contributed by atoms with Gasteiger partial charge in [0.25, 0.3) is 0 Å². The third kappa shape index (κ3) is 21.9. The van der Waals surface area contributed by atoms with Crippen molar-refractivity contribution in [2.45, 2.75) is 117 Å². The molecule has 0 fully saturated rings. The molecule has 0 bridgehead atoms. The second-order valence-corrected chi connectivity index (χ2v) is 7.95. The highest BCUT2D eigenvalue weighted by Crippen LogP contribution is 2.12. The van der Waals surface area contributed by atoms with E-state index >= 15 is 0 Å². The first kappa shape index (κ1) is 24.9. The molecule has 0 aromatic heterocycles. The van der Waals surface area contributed by atoms with Gasteiger partial charge in [-0.25, -0.2) is 0 Å². The number of rotatable bonds is 21. The molecule has 0 radical (unpaired) electrons. The molecular weight excluding hydrogens is 304 g/mol. The molecule has 0 unspecified atom stereocenters. The lowest BCUT2D eigenvalue weighted by molar-refractivity contribution is 0.342. The van der Waals surface area contributed by atoms with Crippen LogP contribution in [-0.2, 0) is 0 Å². The van der Waals surface area contributed by atoms with Gasteiger partial charge in [0, 0.05) is 0 Å². The van der Waals surface area contributed by atoms with Gasteiger partial charge in [0.05, 0.1) is 0 Å². The number of hydrogen-bond acceptors (Lipinski definition) is 2. The van der Waals surface area contributed by atoms with Crippen LogP contribution >= 0.6 is 0 Å². The maximum atomic E-state index is 3.60. The molecule has 2 heteroatoms. The standard InChI is InChI=1S/C23H50N2/c1-4-6-7-8-9-10-11-12-13-14-15-16-17-18-21-24-22-19-20-23-25(3)5-2/h24H,4-23H2,1-3H3. The third-order valence-electron chi connectivity index (χ3n) is 5.39. The van der Waals surface area contributed by atoms with E-state index in [1.807, 2.05) is 0 Å². The van der Waals surface area contributed by atoms with E-state index in [9.17, 15) is 0 Å². The van der Waals surface area contributed by atoms with Crippen LogP contribution in [0.1, 0.15) is 117 Å². The van der Waals surface area contributed by atoms with Gasteiger partial charge in [0.15, 0.2) is 0 Å². The first-order valence-electron chi connectivity index (χ1n) is 11.7. The summed E-state index contributed by atoms with van der Waals surface area (Å²) in [6.45, 7) is 9.38. The molecule has 25 heavy (non-hydrogen) atoms. The summed E-state index contributed by atoms with van der Waals surface area (Å²) >= 11 is 0. The van der Waals surface area contributed by atoms with Crippen molar-refractivity contribution in [1.29, 1.82) is 0 Å². The fourth-order valence-electron chi connectivity index (χ4n) is 3.36. The molecule has 0 saturated carbocycles. The van der Waals surface area contributed by atoms with Crippen molar-refractivity contribution in [2.75, 3.05) is 33.2 Å². The number of nitrogens with one attached hydrogen (secondary N) is 1. The van der Waals surface area contributed by atoms with Crippen molar-refractivity contribution in [3.63, 3.8) is 0 Å². The SMILES string of the molecule is CCCCCCCCCCCCCCCCNCCCCN(C)CC. The fraction of sp³-hybridized carbons (Fsp3) is 1.00. The Kier molecular flexibility index (Phi) is 21.9. The van der Waals surface area contributed by atoms with Crippen molar-refractivity contribution < 1.29 is 0 Å². The summed E-state index contributed by atoms with van der Waals surface area (Å²) in [5.74, 6) is 0. The number of nitrogens with zero attached hydrogens (tertiary/aromatic N) is 1. The predicted octanol–water partition coefficient (Wildman–Crippen LogP) is 6.79. The highest BCUT2D eigenvalue weighted by molar-refractivity contribution is 4.54. The maximum Gasteiger partial charge on any atom is -0.00214 e. The molecule has 0 aliphatic carbocycles. The first-order chi connectivity index (χ1) is 12.3. The van der Waals surface area contributed by atoms with Crippen molar-refractivity contribution in [3.8, 4) is 0 Å². The Labute approximate surface area is 160 Å². The molecule has 0 aromatic rings. The monoisotopic (exact) mass is 354 g/mol. The average molecular weight is 355 g/mol. The highest BCUT2D eigenvalue weighted by atomic mass is 15.1. The predicted molar refractivity (Wildman–Crippen MR) is 116 cm³/mol. The van der Waals surface area contributed by atoms with Crippen molar-refractivity contribution in [1.82, 2.24) is 10.2 Å². The van der Waals surface area contributed by atoms with Gasteiger partial charge < -0.3 is 10.2 Å². The summed E-state index contributed by atoms with van der Waals surface area (Å²) < 4.78 is 0. The van der Waals surface area contributed by atoms with Crippen molar-refractivity contribution in [3.05, 3.63) is 0 Å². The molecule has 0 heterocycles. The van der Waals surface area contributed by atoms with E-state index < -0.39 is 0 Å². The molecule has 2 nitrogen and oxygen atoms in total. The Bertz CT molecular complexity index is 230. The van der Waals surface area contributed by atoms with Crippen LogP contribution in [0.25, 0.3) is 0 Å². The normalized spacial score (nSPS) is 11.5. The van der Waals surface area contributed by atoms with Crippen LogP contribution < -0.4 is 5.32 Å². The fourth-order valence-corrected chi connectivity index (χ4v) is 3.36. The van der Waals surface area contributed by atoms with Gasteiger partial charge in [0.1, 0.15) is 0 Å². The Morgan fingerprint density at radius 1 is 0.520 bits per heavy atom. The van der Waals surface area contributed by atoms with Crippen LogP contribution in [0.15, 0.2) is 0 Å². The van der Waals surface area contributed by atoms with E-state index in [0.29, 0.717) is 0 Å². The largest absolute Gasteiger partial charge is 0.317 e. The molecule has 152 valence electrons. The van der Waals surface area contributed by atoms with Crippen LogP contribution in [0, 0.1) is 0 Å². The smallest absolute Gasteiger partial charge is 0.00214 e. The number of unbranched alkanes of at least 4 members (excludes halogenated alkanes) is 14. The molecular formula is C23H50N2. The van der Waals surface area contributed by atoms with Crippen LogP contribution in [0.5, 0.6) is 0 Å². The lowest BCUT2D eigenvalue weighted by atomic mass is 10.0. The maximum absolute atomic E-state index is 3.60. The second-order valence-electron chi connectivity index (χ2n) is 7.95. The summed E-state index contributed by atoms with van der Waals surface area (Å²) in [5.41, 5.74) is 0. The third-order valence-corrected chi connectivity index (χ3v) is 5.39. The van der Waals surface area contributed by atoms with Crippen LogP contribution in [-0.4, -0.2) is 38.1 Å². The van der Waals surface area contributed by atoms with Crippen molar-refractivity contribution >= 4 is 0 Å². The summed E-state index contributed by atoms with van der Waals surface area (Å²) in [5, 5.41) is 3.60. The quantitative estimate of drug-likeness (QED) is 0.228. The Morgan fingerprint density at radius 3 is 1.36 bits per heavy atom. The van der Waals surface area contributed by atoms with E-state index in [1.165, 1.54) is 129 Å². The van der Waals surface area contributed by atoms with Crippen LogP contribution in [0.4, 0.5) is 0 Å². The minimum absolute atomic E-state index is 1.17. The Balaban J connectivity index is 2.98. The van der Waals surface area contributed by atoms with Gasteiger partial charge in [-0.3, -0.25) is 0 Å². The molecule has 0 amide bonds. The molecule has 0 rings (SSSR count). The summed E-state index contributed by atoms with van der Waals surface area (Å²) in [6.07, 6.45) is 22.9. The lowest BCUT2D eigenvalue weighted by Gasteiger charge is -2.13. The van der Waals surface area contributed by atoms with Gasteiger partial charge in [-0.15, -0.1) is 0 Å². The van der Waals surface area contributed by atoms with Gasteiger partial charge in [0.2, 0.25) is 0 Å². The van der Waals surface area contributed by atoms with E-state index in [1.54, 1.807) is 0 Å². The van der Waals surface area contributed by atoms with E-state index in [4.69, 9.17) is 0 Å². The van der Waals surface area contributed by atoms with Crippen molar-refractivity contribution in [2.24, 2.45) is 0 Å². The van der Waals surface area contributed by atoms with Crippen LogP contribution in [0.2, 0.25) is 0 Å². The zero-order valence-corrected chi connectivity index (χ0v) is 18.1. The van der Waals surface area contributed by atoms with Gasteiger partial charge in [-0.1, -0.05) is 97.3 Å². The minimum atomic E-state index is 1.17. The molecule has 0 atom stereocenters. The van der Waals surface area contributed by atoms with Gasteiger partial charge >= 0.3 is 0 Å². The summed E-state index contributed by atoms with van der Waals surface area (Å²) in [7, 11) is 2.21. The second kappa shape index (κ2) is 22.0. The minimum Gasteiger partial charge on any atom is -0.317 e. The lowest BCUT2D eigenvalue weighted by Crippen LogP contribution is -2.21. The topological polar surface area (TPSA) is 15.3 Å². The van der Waals surface area contributed by atoms with Gasteiger partial charge in [-0.05, 0) is 52.5 Å². The summed E-state index contributed by atoms with van der Waals surface area (Å²) in [4.78, 5) is 2.40. The average Bonchev–Trinajstić information content (AvgIpc) is 2.63. The highest BCUT2D eigenvalue weighted by Gasteiger charge is 1.96. The molecule has 0 saturated heterocycles. The van der Waals surface area contributed by atoms with Gasteiger partial charge in [-0.2, -0.15) is 0 Å². The first-order valence-corrected chi connectivity index (χ1v) is 11.7. The summed E-state index contributed by atoms with van der Waals surface area (Å²) in [6, 6.07) is 0. The molecule has 0 aliphatic heterocycles. The molecule has 1 N–H and O–H groups in total. The van der Waals surface area contributed by atoms with E-state index in [0.717, 1.165) is 0 Å². The van der Waals surface area contributed by atoms with E-state index in [2.05, 4.69) is 31.1 Å². The molecule has 0 aromatic carbocycles.